The van der Waals surface area contributed by atoms with Crippen molar-refractivity contribution in [2.75, 3.05) is 72.4 Å². The van der Waals surface area contributed by atoms with Gasteiger partial charge in [0.2, 0.25) is 0 Å². The SMILES string of the molecule is CN1CCN(CC(O)CN(C)Cc2ccccc2N(C)C)CC1. The number of para-hydroxylation sites is 1. The van der Waals surface area contributed by atoms with Crippen LogP contribution >= 0.6 is 0 Å². The maximum Gasteiger partial charge on any atom is 0.0793 e. The molecule has 1 aromatic carbocycles. The zero-order chi connectivity index (χ0) is 16.8. The molecule has 0 spiro atoms. The summed E-state index contributed by atoms with van der Waals surface area (Å²) in [5, 5.41) is 10.4. The number of anilines is 1. The predicted molar refractivity (Wildman–Crippen MR) is 97.0 cm³/mol. The monoisotopic (exact) mass is 320 g/mol. The van der Waals surface area contributed by atoms with Crippen LogP contribution < -0.4 is 4.90 Å². The van der Waals surface area contributed by atoms with Gasteiger partial charge in [0.25, 0.3) is 0 Å². The number of aliphatic hydroxyl groups excluding tert-OH is 1. The highest BCUT2D eigenvalue weighted by atomic mass is 16.3. The summed E-state index contributed by atoms with van der Waals surface area (Å²) in [6, 6.07) is 8.46. The number of rotatable bonds is 7. The Hall–Kier alpha value is -1.14. The zero-order valence-corrected chi connectivity index (χ0v) is 15.1. The topological polar surface area (TPSA) is 33.2 Å². The average molecular weight is 320 g/mol. The van der Waals surface area contributed by atoms with Crippen LogP contribution in [0.1, 0.15) is 5.56 Å². The van der Waals surface area contributed by atoms with Crippen LogP contribution in [0.5, 0.6) is 0 Å². The fourth-order valence-corrected chi connectivity index (χ4v) is 3.18. The molecule has 0 radical (unpaired) electrons. The largest absolute Gasteiger partial charge is 0.390 e. The second kappa shape index (κ2) is 8.64. The van der Waals surface area contributed by atoms with Crippen molar-refractivity contribution in [2.45, 2.75) is 12.6 Å². The lowest BCUT2D eigenvalue weighted by Gasteiger charge is -2.34. The van der Waals surface area contributed by atoms with Crippen LogP contribution in [0.2, 0.25) is 0 Å². The number of benzene rings is 1. The molecule has 1 fully saturated rings. The first-order valence-electron chi connectivity index (χ1n) is 8.48. The van der Waals surface area contributed by atoms with Crippen molar-refractivity contribution in [3.8, 4) is 0 Å². The maximum atomic E-state index is 10.4. The normalized spacial score (nSPS) is 18.3. The number of nitrogens with zero attached hydrogens (tertiary/aromatic N) is 4. The number of likely N-dealkylation sites (N-methyl/N-ethyl adjacent to an activating group) is 2. The van der Waals surface area contributed by atoms with E-state index in [1.807, 2.05) is 0 Å². The summed E-state index contributed by atoms with van der Waals surface area (Å²) in [6.45, 7) is 6.63. The molecule has 23 heavy (non-hydrogen) atoms. The van der Waals surface area contributed by atoms with Gasteiger partial charge in [-0.2, -0.15) is 0 Å². The highest BCUT2D eigenvalue weighted by molar-refractivity contribution is 5.52. The fraction of sp³-hybridized carbons (Fsp3) is 0.667. The van der Waals surface area contributed by atoms with Gasteiger partial charge in [-0.3, -0.25) is 9.80 Å². The highest BCUT2D eigenvalue weighted by Gasteiger charge is 2.18. The second-order valence-electron chi connectivity index (χ2n) is 6.98. The van der Waals surface area contributed by atoms with Gasteiger partial charge in [0, 0.05) is 65.6 Å². The maximum absolute atomic E-state index is 10.4. The van der Waals surface area contributed by atoms with Gasteiger partial charge in [0.1, 0.15) is 0 Å². The average Bonchev–Trinajstić information content (AvgIpc) is 2.49. The third-order valence-electron chi connectivity index (χ3n) is 4.50. The molecule has 0 bridgehead atoms. The fourth-order valence-electron chi connectivity index (χ4n) is 3.18. The minimum atomic E-state index is -0.296. The summed E-state index contributed by atoms with van der Waals surface area (Å²) < 4.78 is 0. The highest BCUT2D eigenvalue weighted by Crippen LogP contribution is 2.19. The third kappa shape index (κ3) is 5.77. The van der Waals surface area contributed by atoms with E-state index in [2.05, 4.69) is 72.1 Å². The van der Waals surface area contributed by atoms with Gasteiger partial charge in [-0.1, -0.05) is 18.2 Å². The first-order valence-corrected chi connectivity index (χ1v) is 8.48. The Balaban J connectivity index is 1.81. The van der Waals surface area contributed by atoms with Crippen LogP contribution in [0.4, 0.5) is 5.69 Å². The molecule has 1 aromatic rings. The van der Waals surface area contributed by atoms with Crippen LogP contribution in [0.15, 0.2) is 24.3 Å². The molecule has 5 heteroatoms. The standard InChI is InChI=1S/C18H32N4O/c1-19(2)18-8-6-5-7-16(18)13-21(4)14-17(23)15-22-11-9-20(3)10-12-22/h5-8,17,23H,9-15H2,1-4H3. The molecule has 1 atom stereocenters. The van der Waals surface area contributed by atoms with Gasteiger partial charge >= 0.3 is 0 Å². The van der Waals surface area contributed by atoms with E-state index < -0.39 is 0 Å². The van der Waals surface area contributed by atoms with Crippen LogP contribution in [0.25, 0.3) is 0 Å². The van der Waals surface area contributed by atoms with Crippen LogP contribution in [-0.4, -0.2) is 93.4 Å². The molecule has 0 amide bonds. The Morgan fingerprint density at radius 2 is 1.74 bits per heavy atom. The smallest absolute Gasteiger partial charge is 0.0793 e. The predicted octanol–water partition coefficient (Wildman–Crippen LogP) is 0.793. The first-order chi connectivity index (χ1) is 11.0. The van der Waals surface area contributed by atoms with Crippen molar-refractivity contribution < 1.29 is 5.11 Å². The van der Waals surface area contributed by atoms with E-state index in [0.29, 0.717) is 6.54 Å². The molecule has 1 heterocycles. The Labute approximate surface area is 141 Å². The summed E-state index contributed by atoms with van der Waals surface area (Å²) in [4.78, 5) is 9.06. The van der Waals surface area contributed by atoms with Crippen LogP contribution in [-0.2, 0) is 6.54 Å². The number of β-amino-alcohol motifs (C(OH)–C–C–N with tert-alkyl or cyclic N) is 1. The van der Waals surface area contributed by atoms with Gasteiger partial charge in [-0.25, -0.2) is 0 Å². The van der Waals surface area contributed by atoms with E-state index in [4.69, 9.17) is 0 Å². The molecule has 1 aliphatic rings. The Kier molecular flexibility index (Phi) is 6.84. The summed E-state index contributed by atoms with van der Waals surface area (Å²) in [5.41, 5.74) is 2.54. The molecule has 130 valence electrons. The van der Waals surface area contributed by atoms with Crippen molar-refractivity contribution in [1.82, 2.24) is 14.7 Å². The quantitative estimate of drug-likeness (QED) is 0.803. The van der Waals surface area contributed by atoms with Crippen LogP contribution in [0, 0.1) is 0 Å². The molecule has 1 N–H and O–H groups in total. The number of hydrogen-bond acceptors (Lipinski definition) is 5. The molecule has 0 aliphatic carbocycles. The first kappa shape index (κ1) is 18.2. The molecular weight excluding hydrogens is 288 g/mol. The van der Waals surface area contributed by atoms with E-state index in [-0.39, 0.29) is 6.10 Å². The Morgan fingerprint density at radius 1 is 1.09 bits per heavy atom. The van der Waals surface area contributed by atoms with Gasteiger partial charge in [-0.05, 0) is 25.7 Å². The lowest BCUT2D eigenvalue weighted by Crippen LogP contribution is -2.48. The molecular formula is C18H32N4O. The van der Waals surface area contributed by atoms with Gasteiger partial charge in [0.05, 0.1) is 6.10 Å². The van der Waals surface area contributed by atoms with Crippen LogP contribution in [0.3, 0.4) is 0 Å². The van der Waals surface area contributed by atoms with Gasteiger partial charge < -0.3 is 14.9 Å². The minimum Gasteiger partial charge on any atom is -0.390 e. The Morgan fingerprint density at radius 3 is 2.39 bits per heavy atom. The molecule has 0 saturated carbocycles. The third-order valence-corrected chi connectivity index (χ3v) is 4.50. The molecule has 0 aromatic heterocycles. The lowest BCUT2D eigenvalue weighted by atomic mass is 10.1. The van der Waals surface area contributed by atoms with Crippen molar-refractivity contribution in [3.63, 3.8) is 0 Å². The van der Waals surface area contributed by atoms with Crippen molar-refractivity contribution in [2.24, 2.45) is 0 Å². The lowest BCUT2D eigenvalue weighted by molar-refractivity contribution is 0.0594. The number of piperazine rings is 1. The van der Waals surface area contributed by atoms with E-state index in [9.17, 15) is 5.11 Å². The van der Waals surface area contributed by atoms with E-state index in [1.54, 1.807) is 0 Å². The molecule has 1 saturated heterocycles. The van der Waals surface area contributed by atoms with Crippen molar-refractivity contribution >= 4 is 5.69 Å². The number of hydrogen-bond donors (Lipinski definition) is 1. The van der Waals surface area contributed by atoms with Gasteiger partial charge in [-0.15, -0.1) is 0 Å². The van der Waals surface area contributed by atoms with Crippen molar-refractivity contribution in [3.05, 3.63) is 29.8 Å². The summed E-state index contributed by atoms with van der Waals surface area (Å²) in [6.07, 6.45) is -0.296. The molecule has 5 nitrogen and oxygen atoms in total. The van der Waals surface area contributed by atoms with Crippen molar-refractivity contribution in [1.29, 1.82) is 0 Å². The van der Waals surface area contributed by atoms with E-state index >= 15 is 0 Å². The second-order valence-corrected chi connectivity index (χ2v) is 6.98. The zero-order valence-electron chi connectivity index (χ0n) is 15.1. The van der Waals surface area contributed by atoms with E-state index in [1.165, 1.54) is 11.3 Å². The summed E-state index contributed by atoms with van der Waals surface area (Å²) in [5.74, 6) is 0. The summed E-state index contributed by atoms with van der Waals surface area (Å²) >= 11 is 0. The van der Waals surface area contributed by atoms with Gasteiger partial charge in [0.15, 0.2) is 0 Å². The Bertz CT molecular complexity index is 472. The number of aliphatic hydroxyl groups is 1. The summed E-state index contributed by atoms with van der Waals surface area (Å²) in [7, 11) is 8.38. The van der Waals surface area contributed by atoms with E-state index in [0.717, 1.165) is 39.3 Å². The minimum absolute atomic E-state index is 0.296. The molecule has 1 unspecified atom stereocenters. The molecule has 2 rings (SSSR count). The molecule has 1 aliphatic heterocycles.